The minimum Gasteiger partial charge on any atom is -0.264 e. The maximum absolute atomic E-state index is 13.0. The molecule has 66 valence electrons. The van der Waals surface area contributed by atoms with Gasteiger partial charge in [-0.15, -0.1) is 0 Å². The summed E-state index contributed by atoms with van der Waals surface area (Å²) in [6, 6.07) is 2.22. The molecule has 1 nitrogen and oxygen atoms in total. The fourth-order valence-electron chi connectivity index (χ4n) is 1.14. The number of aromatic nitrogens is 1. The van der Waals surface area contributed by atoms with Gasteiger partial charge in [-0.2, -0.15) is 0 Å². The first-order chi connectivity index (χ1) is 6.20. The van der Waals surface area contributed by atoms with Crippen molar-refractivity contribution < 1.29 is 13.2 Å². The summed E-state index contributed by atoms with van der Waals surface area (Å²) in [5.74, 6) is -3.81. The van der Waals surface area contributed by atoms with Crippen molar-refractivity contribution in [1.29, 1.82) is 0 Å². The summed E-state index contributed by atoms with van der Waals surface area (Å²) >= 11 is 0. The molecule has 13 heavy (non-hydrogen) atoms. The second kappa shape index (κ2) is 2.73. The summed E-state index contributed by atoms with van der Waals surface area (Å²) in [5, 5.41) is 0.285. The monoisotopic (exact) mass is 183 g/mol. The summed E-state index contributed by atoms with van der Waals surface area (Å²) < 4.78 is 38.4. The first kappa shape index (κ1) is 8.04. The van der Waals surface area contributed by atoms with E-state index in [1.807, 2.05) is 0 Å². The van der Waals surface area contributed by atoms with Gasteiger partial charge in [0.2, 0.25) is 0 Å². The van der Waals surface area contributed by atoms with E-state index in [1.54, 1.807) is 0 Å². The summed E-state index contributed by atoms with van der Waals surface area (Å²) in [4.78, 5) is 3.67. The molecule has 0 radical (unpaired) electrons. The molecule has 0 bridgehead atoms. The summed E-state index contributed by atoms with van der Waals surface area (Å²) in [6.45, 7) is 0. The van der Waals surface area contributed by atoms with Gasteiger partial charge < -0.3 is 0 Å². The lowest BCUT2D eigenvalue weighted by molar-refractivity contribution is 0.453. The third-order valence-electron chi connectivity index (χ3n) is 1.77. The van der Waals surface area contributed by atoms with Crippen LogP contribution in [0.15, 0.2) is 24.5 Å². The van der Waals surface area contributed by atoms with Crippen LogP contribution < -0.4 is 0 Å². The van der Waals surface area contributed by atoms with Gasteiger partial charge in [0, 0.05) is 23.2 Å². The largest absolute Gasteiger partial charge is 0.264 e. The van der Waals surface area contributed by atoms with Crippen molar-refractivity contribution in [3.63, 3.8) is 0 Å². The van der Waals surface area contributed by atoms with Crippen LogP contribution in [0.5, 0.6) is 0 Å². The van der Waals surface area contributed by atoms with Gasteiger partial charge in [0.05, 0.1) is 0 Å². The normalized spacial score (nSPS) is 10.7. The highest BCUT2D eigenvalue weighted by molar-refractivity contribution is 5.82. The summed E-state index contributed by atoms with van der Waals surface area (Å²) in [5.41, 5.74) is 0. The van der Waals surface area contributed by atoms with Crippen LogP contribution >= 0.6 is 0 Å². The van der Waals surface area contributed by atoms with E-state index in [4.69, 9.17) is 0 Å². The number of nitrogens with zero attached hydrogens (tertiary/aromatic N) is 1. The number of rotatable bonds is 0. The van der Waals surface area contributed by atoms with Crippen LogP contribution in [0.25, 0.3) is 10.8 Å². The van der Waals surface area contributed by atoms with Crippen LogP contribution in [0.1, 0.15) is 0 Å². The van der Waals surface area contributed by atoms with Gasteiger partial charge in [-0.1, -0.05) is 0 Å². The van der Waals surface area contributed by atoms with E-state index in [9.17, 15) is 13.2 Å². The Balaban J connectivity index is 2.94. The highest BCUT2D eigenvalue weighted by atomic mass is 19.2. The Hall–Kier alpha value is -1.58. The molecule has 0 fully saturated rings. The average Bonchev–Trinajstić information content (AvgIpc) is 2.15. The Kier molecular flexibility index (Phi) is 1.69. The van der Waals surface area contributed by atoms with Crippen LogP contribution in [-0.2, 0) is 0 Å². The minimum atomic E-state index is -1.45. The van der Waals surface area contributed by atoms with E-state index in [2.05, 4.69) is 4.98 Å². The predicted octanol–water partition coefficient (Wildman–Crippen LogP) is 2.65. The molecule has 0 spiro atoms. The van der Waals surface area contributed by atoms with E-state index >= 15 is 0 Å². The Morgan fingerprint density at radius 1 is 1.08 bits per heavy atom. The highest BCUT2D eigenvalue weighted by Crippen LogP contribution is 2.21. The number of halogens is 3. The van der Waals surface area contributed by atoms with Gasteiger partial charge in [0.1, 0.15) is 0 Å². The van der Waals surface area contributed by atoms with Gasteiger partial charge >= 0.3 is 0 Å². The SMILES string of the molecule is Fc1cc2cnccc2c(F)c1F. The Labute approximate surface area is 71.8 Å². The molecule has 0 saturated heterocycles. The van der Waals surface area contributed by atoms with Crippen LogP contribution in [0.3, 0.4) is 0 Å². The fourth-order valence-corrected chi connectivity index (χ4v) is 1.14. The third-order valence-corrected chi connectivity index (χ3v) is 1.77. The number of hydrogen-bond acceptors (Lipinski definition) is 1. The second-order valence-corrected chi connectivity index (χ2v) is 2.58. The molecule has 1 aromatic heterocycles. The molecule has 2 rings (SSSR count). The van der Waals surface area contributed by atoms with Crippen LogP contribution in [-0.4, -0.2) is 4.98 Å². The van der Waals surface area contributed by atoms with Gasteiger partial charge in [-0.3, -0.25) is 4.98 Å². The van der Waals surface area contributed by atoms with Gasteiger partial charge in [-0.05, 0) is 12.1 Å². The first-order valence-corrected chi connectivity index (χ1v) is 3.57. The number of hydrogen-bond donors (Lipinski definition) is 0. The van der Waals surface area contributed by atoms with Crippen molar-refractivity contribution in [2.24, 2.45) is 0 Å². The molecule has 0 amide bonds. The van der Waals surface area contributed by atoms with Crippen LogP contribution in [0.4, 0.5) is 13.2 Å². The maximum atomic E-state index is 13.0. The van der Waals surface area contributed by atoms with Gasteiger partial charge in [0.15, 0.2) is 17.5 Å². The molecule has 0 N–H and O–H groups in total. The van der Waals surface area contributed by atoms with Crippen LogP contribution in [0.2, 0.25) is 0 Å². The van der Waals surface area contributed by atoms with Crippen molar-refractivity contribution in [3.05, 3.63) is 42.0 Å². The van der Waals surface area contributed by atoms with Crippen molar-refractivity contribution in [2.75, 3.05) is 0 Å². The Morgan fingerprint density at radius 2 is 1.85 bits per heavy atom. The fraction of sp³-hybridized carbons (Fsp3) is 0. The van der Waals surface area contributed by atoms with Crippen molar-refractivity contribution in [1.82, 2.24) is 4.98 Å². The van der Waals surface area contributed by atoms with Gasteiger partial charge in [0.25, 0.3) is 0 Å². The lowest BCUT2D eigenvalue weighted by Gasteiger charge is -2.00. The molecule has 0 aliphatic carbocycles. The van der Waals surface area contributed by atoms with E-state index in [0.29, 0.717) is 0 Å². The summed E-state index contributed by atoms with van der Waals surface area (Å²) in [7, 11) is 0. The quantitative estimate of drug-likeness (QED) is 0.572. The third kappa shape index (κ3) is 1.14. The van der Waals surface area contributed by atoms with E-state index in [0.717, 1.165) is 6.07 Å². The van der Waals surface area contributed by atoms with E-state index in [-0.39, 0.29) is 10.8 Å². The lowest BCUT2D eigenvalue weighted by atomic mass is 10.1. The molecular formula is C9H4F3N. The van der Waals surface area contributed by atoms with Crippen molar-refractivity contribution in [3.8, 4) is 0 Å². The predicted molar refractivity (Wildman–Crippen MR) is 41.6 cm³/mol. The highest BCUT2D eigenvalue weighted by Gasteiger charge is 2.12. The molecule has 0 aliphatic rings. The Bertz CT molecular complexity index is 468. The molecular weight excluding hydrogens is 179 g/mol. The summed E-state index contributed by atoms with van der Waals surface area (Å²) in [6.07, 6.45) is 2.60. The molecule has 0 saturated carbocycles. The number of fused-ring (bicyclic) bond motifs is 1. The zero-order valence-corrected chi connectivity index (χ0v) is 6.39. The first-order valence-electron chi connectivity index (χ1n) is 3.57. The Morgan fingerprint density at radius 3 is 2.62 bits per heavy atom. The molecule has 1 aromatic carbocycles. The molecule has 0 aliphatic heterocycles. The number of benzene rings is 1. The standard InChI is InChI=1S/C9H4F3N/c10-7-3-5-4-13-2-1-6(5)8(11)9(7)12/h1-4H. The lowest BCUT2D eigenvalue weighted by Crippen LogP contribution is -1.92. The minimum absolute atomic E-state index is 0.0360. The van der Waals surface area contributed by atoms with E-state index < -0.39 is 17.5 Å². The zero-order valence-electron chi connectivity index (χ0n) is 6.39. The molecule has 0 atom stereocenters. The topological polar surface area (TPSA) is 12.9 Å². The average molecular weight is 183 g/mol. The van der Waals surface area contributed by atoms with Crippen molar-refractivity contribution >= 4 is 10.8 Å². The van der Waals surface area contributed by atoms with Crippen molar-refractivity contribution in [2.45, 2.75) is 0 Å². The number of pyridine rings is 1. The zero-order chi connectivity index (χ0) is 9.42. The molecule has 0 unspecified atom stereocenters. The molecule has 1 heterocycles. The van der Waals surface area contributed by atoms with Crippen LogP contribution in [0, 0.1) is 17.5 Å². The van der Waals surface area contributed by atoms with Gasteiger partial charge in [-0.25, -0.2) is 13.2 Å². The second-order valence-electron chi connectivity index (χ2n) is 2.58. The molecule has 2 aromatic rings. The molecule has 4 heteroatoms. The van der Waals surface area contributed by atoms with E-state index in [1.165, 1.54) is 18.5 Å². The maximum Gasteiger partial charge on any atom is 0.195 e. The smallest absolute Gasteiger partial charge is 0.195 e.